The molecule has 4 aliphatic heterocycles. The maximum atomic E-state index is 17.0. The topological polar surface area (TPSA) is 95.9 Å². The SMILES string of the molecule is [2H]C12CCC(COC([2H])([2H])[2H])(CN(c3nc(OC[C@@]45CCCN4C[C@H](F)C5)nc4c(F)c(-c5cc(O)cc6ccc(F)c(C#C)c56)ncc34)C1)N2. The van der Waals surface area contributed by atoms with Crippen molar-refractivity contribution < 1.29 is 33.2 Å². The van der Waals surface area contributed by atoms with Gasteiger partial charge in [-0.1, -0.05) is 12.0 Å². The maximum Gasteiger partial charge on any atom is 0.319 e. The van der Waals surface area contributed by atoms with Crippen molar-refractivity contribution in [3.63, 3.8) is 0 Å². The van der Waals surface area contributed by atoms with Gasteiger partial charge >= 0.3 is 6.01 Å². The molecule has 244 valence electrons. The summed E-state index contributed by atoms with van der Waals surface area (Å²) in [5.41, 5.74) is -1.99. The molecule has 0 aliphatic carbocycles. The zero-order chi connectivity index (χ0) is 35.9. The first-order chi connectivity index (χ1) is 24.2. The van der Waals surface area contributed by atoms with Crippen molar-refractivity contribution >= 4 is 27.5 Å². The molecule has 47 heavy (non-hydrogen) atoms. The number of aromatic hydroxyl groups is 1. The van der Waals surface area contributed by atoms with Crippen LogP contribution < -0.4 is 15.0 Å². The van der Waals surface area contributed by atoms with Gasteiger partial charge in [-0.15, -0.1) is 6.42 Å². The third-order valence-corrected chi connectivity index (χ3v) is 10.2. The summed E-state index contributed by atoms with van der Waals surface area (Å²) in [5, 5.41) is 14.6. The summed E-state index contributed by atoms with van der Waals surface area (Å²) in [7, 11) is -2.65. The number of halogens is 3. The lowest BCUT2D eigenvalue weighted by Crippen LogP contribution is -2.61. The Morgan fingerprint density at radius 1 is 1.23 bits per heavy atom. The van der Waals surface area contributed by atoms with Crippen LogP contribution in [-0.2, 0) is 4.74 Å². The van der Waals surface area contributed by atoms with Crippen LogP contribution in [0.25, 0.3) is 32.9 Å². The molecule has 4 atom stereocenters. The summed E-state index contributed by atoms with van der Waals surface area (Å²) in [6.07, 6.45) is 8.80. The summed E-state index contributed by atoms with van der Waals surface area (Å²) in [6.45, 7) is 1.19. The number of rotatable bonds is 7. The first-order valence-electron chi connectivity index (χ1n) is 17.7. The number of phenols is 1. The van der Waals surface area contributed by atoms with Crippen molar-refractivity contribution in [3.8, 4) is 35.4 Å². The van der Waals surface area contributed by atoms with E-state index in [-0.39, 0.29) is 77.0 Å². The molecule has 8 rings (SSSR count). The Bertz CT molecular complexity index is 2120. The van der Waals surface area contributed by atoms with E-state index in [0.29, 0.717) is 31.2 Å². The number of nitrogens with one attached hydrogen (secondary N) is 1. The van der Waals surface area contributed by atoms with Crippen molar-refractivity contribution in [3.05, 3.63) is 47.7 Å². The fourth-order valence-electron chi connectivity index (χ4n) is 8.14. The van der Waals surface area contributed by atoms with Crippen LogP contribution in [0.4, 0.5) is 19.0 Å². The maximum absolute atomic E-state index is 17.0. The Kier molecular flexibility index (Phi) is 6.17. The number of hydrogen-bond donors (Lipinski definition) is 2. The number of benzene rings is 2. The number of terminal acetylenes is 1. The number of anilines is 1. The minimum Gasteiger partial charge on any atom is -0.508 e. The number of pyridine rings is 1. The van der Waals surface area contributed by atoms with Crippen LogP contribution in [0.15, 0.2) is 30.5 Å². The normalized spacial score (nSPS) is 30.2. The highest BCUT2D eigenvalue weighted by molar-refractivity contribution is 6.03. The van der Waals surface area contributed by atoms with E-state index in [1.54, 1.807) is 4.90 Å². The summed E-state index contributed by atoms with van der Waals surface area (Å²) in [5.74, 6) is 0.710. The Labute approximate surface area is 275 Å². The Morgan fingerprint density at radius 2 is 2.13 bits per heavy atom. The largest absolute Gasteiger partial charge is 0.508 e. The Morgan fingerprint density at radius 3 is 2.98 bits per heavy atom. The molecule has 6 heterocycles. The fourth-order valence-corrected chi connectivity index (χ4v) is 8.14. The van der Waals surface area contributed by atoms with E-state index in [2.05, 4.69) is 26.1 Å². The lowest BCUT2D eigenvalue weighted by atomic mass is 9.95. The third-order valence-electron chi connectivity index (χ3n) is 10.2. The van der Waals surface area contributed by atoms with Crippen LogP contribution in [0.1, 0.15) is 43.2 Å². The summed E-state index contributed by atoms with van der Waals surface area (Å²) < 4.78 is 89.8. The number of nitrogens with zero attached hydrogens (tertiary/aromatic N) is 5. The fraction of sp³-hybridized carbons (Fsp3) is 0.457. The predicted octanol–water partition coefficient (Wildman–Crippen LogP) is 4.72. The first kappa shape index (κ1) is 25.9. The highest BCUT2D eigenvalue weighted by Gasteiger charge is 2.50. The zero-order valence-electron chi connectivity index (χ0n) is 29.5. The van der Waals surface area contributed by atoms with E-state index < -0.39 is 41.9 Å². The van der Waals surface area contributed by atoms with Gasteiger partial charge in [0.05, 0.1) is 32.7 Å². The number of hydrogen-bond acceptors (Lipinski definition) is 9. The average molecular weight is 649 g/mol. The molecule has 0 saturated carbocycles. The summed E-state index contributed by atoms with van der Waals surface area (Å²) >= 11 is 0. The lowest BCUT2D eigenvalue weighted by Gasteiger charge is -2.41. The molecule has 4 aliphatic rings. The molecular weight excluding hydrogens is 609 g/mol. The minimum absolute atomic E-state index is 0.0472. The van der Waals surface area contributed by atoms with Crippen molar-refractivity contribution in [1.82, 2.24) is 25.2 Å². The number of ether oxygens (including phenoxy) is 2. The molecule has 4 saturated heterocycles. The Hall–Kier alpha value is -4.18. The monoisotopic (exact) mass is 648 g/mol. The summed E-state index contributed by atoms with van der Waals surface area (Å²) in [4.78, 5) is 17.5. The van der Waals surface area contributed by atoms with E-state index in [4.69, 9.17) is 26.4 Å². The molecule has 2 aromatic carbocycles. The number of piperazine rings is 1. The number of aromatic nitrogens is 3. The average Bonchev–Trinajstić information content (AvgIpc) is 3.68. The van der Waals surface area contributed by atoms with Gasteiger partial charge < -0.3 is 24.8 Å². The standard InChI is InChI=1S/C35H35F3N6O3/c1-3-24-27(37)6-5-20-11-23(45)12-25(28(20)24)30-29(38)31-26(14-39-30)32(43-16-22-7-9-34(17-43,42-22)18-46-2)41-33(40-31)47-19-35-8-4-10-44(35)15-21(36)13-35/h1,5-6,11-12,14,21-22,42,45H,4,7-10,13,15-19H2,2H3/t21-,22?,34?,35+/m1/s1/i2D3,22D. The highest BCUT2D eigenvalue weighted by Crippen LogP contribution is 2.42. The van der Waals surface area contributed by atoms with Crippen LogP contribution in [0.3, 0.4) is 0 Å². The number of methoxy groups -OCH3 is 1. The van der Waals surface area contributed by atoms with E-state index in [1.807, 2.05) is 0 Å². The van der Waals surface area contributed by atoms with Crippen LogP contribution in [0, 0.1) is 24.0 Å². The number of phenolic OH excluding ortho intramolecular Hbond substituents is 1. The van der Waals surface area contributed by atoms with Gasteiger partial charge in [0.15, 0.2) is 5.82 Å². The van der Waals surface area contributed by atoms with Crippen molar-refractivity contribution in [2.75, 3.05) is 51.3 Å². The van der Waals surface area contributed by atoms with Crippen LogP contribution >= 0.6 is 0 Å². The quantitative estimate of drug-likeness (QED) is 0.276. The molecule has 2 bridgehead atoms. The van der Waals surface area contributed by atoms with Gasteiger partial charge in [0.25, 0.3) is 0 Å². The molecule has 0 radical (unpaired) electrons. The van der Waals surface area contributed by atoms with Gasteiger partial charge in [0, 0.05) is 57.6 Å². The van der Waals surface area contributed by atoms with Gasteiger partial charge in [-0.2, -0.15) is 9.97 Å². The van der Waals surface area contributed by atoms with Gasteiger partial charge in [0.1, 0.15) is 41.4 Å². The van der Waals surface area contributed by atoms with Gasteiger partial charge in [0.2, 0.25) is 0 Å². The highest BCUT2D eigenvalue weighted by atomic mass is 19.1. The zero-order valence-corrected chi connectivity index (χ0v) is 25.5. The Balaban J connectivity index is 1.27. The second-order valence-corrected chi connectivity index (χ2v) is 13.2. The van der Waals surface area contributed by atoms with Crippen LogP contribution in [-0.4, -0.2) is 94.7 Å². The van der Waals surface area contributed by atoms with Crippen molar-refractivity contribution in [1.29, 1.82) is 0 Å². The molecule has 9 nitrogen and oxygen atoms in total. The molecule has 2 aromatic heterocycles. The second-order valence-electron chi connectivity index (χ2n) is 13.2. The van der Waals surface area contributed by atoms with Crippen LogP contribution in [0.2, 0.25) is 0 Å². The summed E-state index contributed by atoms with van der Waals surface area (Å²) in [6, 6.07) is 3.88. The lowest BCUT2D eigenvalue weighted by molar-refractivity contribution is 0.107. The molecule has 0 amide bonds. The third kappa shape index (κ3) is 4.94. The predicted molar refractivity (Wildman–Crippen MR) is 171 cm³/mol. The van der Waals surface area contributed by atoms with Gasteiger partial charge in [-0.25, -0.2) is 13.2 Å². The second kappa shape index (κ2) is 11.2. The van der Waals surface area contributed by atoms with Gasteiger partial charge in [-0.3, -0.25) is 9.88 Å². The molecule has 0 spiro atoms. The van der Waals surface area contributed by atoms with E-state index >= 15 is 4.39 Å². The molecule has 2 N–H and O–H groups in total. The first-order valence-corrected chi connectivity index (χ1v) is 15.7. The molecule has 4 aromatic rings. The van der Waals surface area contributed by atoms with E-state index in [0.717, 1.165) is 19.4 Å². The van der Waals surface area contributed by atoms with E-state index in [9.17, 15) is 13.9 Å². The number of fused-ring (bicyclic) bond motifs is 5. The van der Waals surface area contributed by atoms with Gasteiger partial charge in [-0.05, 0) is 55.8 Å². The smallest absolute Gasteiger partial charge is 0.319 e. The minimum atomic E-state index is -2.65. The molecule has 4 fully saturated rings. The molecule has 12 heteroatoms. The van der Waals surface area contributed by atoms with Crippen molar-refractivity contribution in [2.24, 2.45) is 0 Å². The van der Waals surface area contributed by atoms with E-state index in [1.165, 1.54) is 30.5 Å². The molecule has 2 unspecified atom stereocenters. The molecular formula is C35H35F3N6O3. The van der Waals surface area contributed by atoms with Crippen molar-refractivity contribution in [2.45, 2.75) is 55.4 Å². The number of alkyl halides is 1. The van der Waals surface area contributed by atoms with Crippen LogP contribution in [0.5, 0.6) is 11.8 Å².